The van der Waals surface area contributed by atoms with Crippen LogP contribution in [0.15, 0.2) is 47.9 Å². The zero-order valence-corrected chi connectivity index (χ0v) is 10.7. The molecule has 0 aliphatic carbocycles. The van der Waals surface area contributed by atoms with E-state index in [2.05, 4.69) is 5.32 Å². The van der Waals surface area contributed by atoms with Crippen molar-refractivity contribution < 1.29 is 14.3 Å². The molecule has 1 aliphatic rings. The summed E-state index contributed by atoms with van der Waals surface area (Å²) in [7, 11) is 0. The molecule has 1 heterocycles. The van der Waals surface area contributed by atoms with Crippen LogP contribution in [0.5, 0.6) is 0 Å². The molecule has 2 rings (SSSR count). The van der Waals surface area contributed by atoms with Crippen molar-refractivity contribution in [1.82, 2.24) is 5.32 Å². The minimum absolute atomic E-state index is 0.276. The topological polar surface area (TPSA) is 55.4 Å². The number of esters is 1. The lowest BCUT2D eigenvalue weighted by Gasteiger charge is -2.06. The first-order chi connectivity index (χ1) is 9.19. The fourth-order valence-corrected chi connectivity index (χ4v) is 1.71. The van der Waals surface area contributed by atoms with E-state index in [9.17, 15) is 9.59 Å². The van der Waals surface area contributed by atoms with E-state index in [1.807, 2.05) is 37.3 Å². The summed E-state index contributed by atoms with van der Waals surface area (Å²) >= 11 is 0. The predicted octanol–water partition coefficient (Wildman–Crippen LogP) is 2.38. The molecule has 19 heavy (non-hydrogen) atoms. The van der Waals surface area contributed by atoms with Crippen LogP contribution in [0, 0.1) is 0 Å². The smallest absolute Gasteiger partial charge is 0.311 e. The molecular formula is C15H15NO3. The van der Waals surface area contributed by atoms with Crippen LogP contribution in [0.4, 0.5) is 0 Å². The van der Waals surface area contributed by atoms with Crippen LogP contribution in [0.2, 0.25) is 0 Å². The molecular weight excluding hydrogens is 242 g/mol. The van der Waals surface area contributed by atoms with Gasteiger partial charge in [-0.25, -0.2) is 0 Å². The number of hydrogen-bond donors (Lipinski definition) is 1. The lowest BCUT2D eigenvalue weighted by molar-refractivity contribution is -0.139. The molecule has 1 aromatic carbocycles. The van der Waals surface area contributed by atoms with E-state index >= 15 is 0 Å². The molecule has 1 aromatic rings. The van der Waals surface area contributed by atoms with Gasteiger partial charge in [0.25, 0.3) is 5.91 Å². The molecule has 0 saturated heterocycles. The van der Waals surface area contributed by atoms with E-state index in [0.717, 1.165) is 5.56 Å². The maximum atomic E-state index is 11.5. The van der Waals surface area contributed by atoms with Gasteiger partial charge in [0.1, 0.15) is 0 Å². The second-order valence-electron chi connectivity index (χ2n) is 4.19. The summed E-state index contributed by atoms with van der Waals surface area (Å²) in [6.45, 7) is 1.90. The molecule has 0 spiro atoms. The zero-order chi connectivity index (χ0) is 13.7. The molecule has 0 bridgehead atoms. The highest BCUT2D eigenvalue weighted by molar-refractivity contribution is 5.96. The lowest BCUT2D eigenvalue weighted by Crippen LogP contribution is -2.14. The predicted molar refractivity (Wildman–Crippen MR) is 71.6 cm³/mol. The van der Waals surface area contributed by atoms with Crippen LogP contribution in [0.1, 0.15) is 25.3 Å². The Bertz CT molecular complexity index is 544. The number of ether oxygens (including phenoxy) is 1. The van der Waals surface area contributed by atoms with Crippen LogP contribution in [0.25, 0.3) is 6.08 Å². The highest BCUT2D eigenvalue weighted by Gasteiger charge is 2.21. The van der Waals surface area contributed by atoms with Gasteiger partial charge in [-0.3, -0.25) is 9.59 Å². The number of rotatable bonds is 4. The Balaban J connectivity index is 2.17. The summed E-state index contributed by atoms with van der Waals surface area (Å²) in [4.78, 5) is 22.8. The first-order valence-corrected chi connectivity index (χ1v) is 6.19. The molecule has 1 aliphatic heterocycles. The third kappa shape index (κ3) is 3.55. The van der Waals surface area contributed by atoms with Crippen molar-refractivity contribution in [3.8, 4) is 0 Å². The van der Waals surface area contributed by atoms with E-state index in [4.69, 9.17) is 4.74 Å². The van der Waals surface area contributed by atoms with Crippen LogP contribution < -0.4 is 5.32 Å². The molecule has 1 N–H and O–H groups in total. The average molecular weight is 257 g/mol. The minimum Gasteiger partial charge on any atom is -0.424 e. The van der Waals surface area contributed by atoms with E-state index in [0.29, 0.717) is 18.5 Å². The number of amides is 1. The number of carbonyl (C=O) groups is 2. The van der Waals surface area contributed by atoms with Crippen molar-refractivity contribution in [2.75, 3.05) is 0 Å². The Kier molecular flexibility index (Phi) is 4.13. The molecule has 4 nitrogen and oxygen atoms in total. The number of benzene rings is 1. The maximum Gasteiger partial charge on any atom is 0.311 e. The van der Waals surface area contributed by atoms with E-state index in [-0.39, 0.29) is 17.6 Å². The highest BCUT2D eigenvalue weighted by atomic mass is 16.5. The Hall–Kier alpha value is -2.36. The highest BCUT2D eigenvalue weighted by Crippen LogP contribution is 2.19. The van der Waals surface area contributed by atoms with Crippen LogP contribution >= 0.6 is 0 Å². The van der Waals surface area contributed by atoms with Gasteiger partial charge in [-0.2, -0.15) is 0 Å². The molecule has 0 unspecified atom stereocenters. The Morgan fingerprint density at radius 3 is 2.74 bits per heavy atom. The number of hydrogen-bond acceptors (Lipinski definition) is 3. The minimum atomic E-state index is -0.329. The van der Waals surface area contributed by atoms with Crippen LogP contribution in [-0.4, -0.2) is 11.9 Å². The summed E-state index contributed by atoms with van der Waals surface area (Å²) < 4.78 is 5.18. The molecule has 4 heteroatoms. The second kappa shape index (κ2) is 6.00. The normalized spacial score (nSPS) is 16.2. The fraction of sp³-hybridized carbons (Fsp3) is 0.200. The van der Waals surface area contributed by atoms with Gasteiger partial charge in [-0.05, 0) is 18.1 Å². The quantitative estimate of drug-likeness (QED) is 0.842. The molecule has 0 radical (unpaired) electrons. The molecule has 0 fully saturated rings. The summed E-state index contributed by atoms with van der Waals surface area (Å²) in [5.41, 5.74) is 1.44. The summed E-state index contributed by atoms with van der Waals surface area (Å²) in [6, 6.07) is 9.52. The number of nitrogens with one attached hydrogen (secondary N) is 1. The Morgan fingerprint density at radius 1 is 1.32 bits per heavy atom. The van der Waals surface area contributed by atoms with Gasteiger partial charge < -0.3 is 10.1 Å². The van der Waals surface area contributed by atoms with Gasteiger partial charge in [0, 0.05) is 12.5 Å². The van der Waals surface area contributed by atoms with Gasteiger partial charge in [0.2, 0.25) is 0 Å². The third-order valence-electron chi connectivity index (χ3n) is 2.57. The standard InChI is InChI=1S/C15H15NO3/c1-2-6-15(18)19-13-10-14(17)16-12(13)9-11-7-4-3-5-8-11/h3-5,7-10H,2,6H2,1H3,(H,16,17). The zero-order valence-electron chi connectivity index (χ0n) is 10.7. The monoisotopic (exact) mass is 257 g/mol. The second-order valence-corrected chi connectivity index (χ2v) is 4.19. The van der Waals surface area contributed by atoms with Crippen molar-refractivity contribution in [3.05, 3.63) is 53.4 Å². The molecule has 1 amide bonds. The van der Waals surface area contributed by atoms with Crippen molar-refractivity contribution in [3.63, 3.8) is 0 Å². The molecule has 98 valence electrons. The van der Waals surface area contributed by atoms with E-state index in [1.165, 1.54) is 6.08 Å². The van der Waals surface area contributed by atoms with Crippen molar-refractivity contribution in [1.29, 1.82) is 0 Å². The summed E-state index contributed by atoms with van der Waals surface area (Å²) in [6.07, 6.45) is 4.12. The van der Waals surface area contributed by atoms with E-state index in [1.54, 1.807) is 6.08 Å². The average Bonchev–Trinajstić information content (AvgIpc) is 2.71. The van der Waals surface area contributed by atoms with E-state index < -0.39 is 0 Å². The van der Waals surface area contributed by atoms with Gasteiger partial charge in [-0.1, -0.05) is 37.3 Å². The van der Waals surface area contributed by atoms with Crippen molar-refractivity contribution >= 4 is 18.0 Å². The maximum absolute atomic E-state index is 11.5. The van der Waals surface area contributed by atoms with Crippen molar-refractivity contribution in [2.24, 2.45) is 0 Å². The van der Waals surface area contributed by atoms with Gasteiger partial charge in [0.15, 0.2) is 5.76 Å². The SMILES string of the molecule is CCCC(=O)OC1=CC(=O)NC1=Cc1ccccc1. The molecule has 0 aromatic heterocycles. The van der Waals surface area contributed by atoms with Crippen molar-refractivity contribution in [2.45, 2.75) is 19.8 Å². The first kappa shape index (κ1) is 13.1. The van der Waals surface area contributed by atoms with Crippen LogP contribution in [0.3, 0.4) is 0 Å². The molecule has 0 saturated carbocycles. The van der Waals surface area contributed by atoms with Gasteiger partial charge in [0.05, 0.1) is 5.70 Å². The largest absolute Gasteiger partial charge is 0.424 e. The fourth-order valence-electron chi connectivity index (χ4n) is 1.71. The van der Waals surface area contributed by atoms with Gasteiger partial charge in [-0.15, -0.1) is 0 Å². The Morgan fingerprint density at radius 2 is 2.05 bits per heavy atom. The van der Waals surface area contributed by atoms with Crippen LogP contribution in [-0.2, 0) is 14.3 Å². The first-order valence-electron chi connectivity index (χ1n) is 6.19. The lowest BCUT2D eigenvalue weighted by atomic mass is 10.2. The van der Waals surface area contributed by atoms with Gasteiger partial charge >= 0.3 is 5.97 Å². The molecule has 0 atom stereocenters. The third-order valence-corrected chi connectivity index (χ3v) is 2.57. The number of carbonyl (C=O) groups excluding carboxylic acids is 2. The summed E-state index contributed by atoms with van der Waals surface area (Å²) in [5, 5.41) is 2.65. The summed E-state index contributed by atoms with van der Waals surface area (Å²) in [5.74, 6) is -0.321. The Labute approximate surface area is 111 Å².